The molecule has 1 saturated heterocycles. The first kappa shape index (κ1) is 16.4. The van der Waals surface area contributed by atoms with Gasteiger partial charge in [0.15, 0.2) is 11.6 Å². The Labute approximate surface area is 139 Å². The molecule has 1 N–H and O–H groups in total. The van der Waals surface area contributed by atoms with E-state index in [1.807, 2.05) is 11.0 Å². The van der Waals surface area contributed by atoms with Gasteiger partial charge in [-0.1, -0.05) is 12.1 Å². The van der Waals surface area contributed by atoms with Crippen molar-refractivity contribution in [2.24, 2.45) is 0 Å². The fraction of sp³-hybridized carbons (Fsp3) is 0.333. The third-order valence-electron chi connectivity index (χ3n) is 4.47. The fourth-order valence-electron chi connectivity index (χ4n) is 3.28. The summed E-state index contributed by atoms with van der Waals surface area (Å²) in [6, 6.07) is 7.71. The van der Waals surface area contributed by atoms with Gasteiger partial charge in [-0.25, -0.2) is 4.39 Å². The number of likely N-dealkylation sites (tertiary alicyclic amines) is 1. The minimum Gasteiger partial charge on any atom is -0.494 e. The van der Waals surface area contributed by atoms with Crippen molar-refractivity contribution in [2.75, 3.05) is 20.2 Å². The van der Waals surface area contributed by atoms with Crippen molar-refractivity contribution in [1.82, 2.24) is 9.88 Å². The molecule has 3 rings (SSSR count). The van der Waals surface area contributed by atoms with Crippen LogP contribution in [0, 0.1) is 5.82 Å². The fourth-order valence-corrected chi connectivity index (χ4v) is 3.28. The van der Waals surface area contributed by atoms with E-state index in [1.165, 1.54) is 13.2 Å². The van der Waals surface area contributed by atoms with Gasteiger partial charge < -0.3 is 9.84 Å². The molecule has 0 amide bonds. The number of nitrogens with zero attached hydrogens (tertiary/aromatic N) is 2. The van der Waals surface area contributed by atoms with Gasteiger partial charge in [-0.3, -0.25) is 14.7 Å². The van der Waals surface area contributed by atoms with Crippen LogP contribution in [0.3, 0.4) is 0 Å². The Kier molecular flexibility index (Phi) is 4.76. The van der Waals surface area contributed by atoms with Crippen LogP contribution < -0.4 is 4.74 Å². The van der Waals surface area contributed by atoms with Crippen LogP contribution in [0.15, 0.2) is 42.7 Å². The second-order valence-corrected chi connectivity index (χ2v) is 5.90. The number of pyridine rings is 1. The van der Waals surface area contributed by atoms with Crippen molar-refractivity contribution in [3.63, 3.8) is 0 Å². The second kappa shape index (κ2) is 6.97. The number of hydrogen-bond acceptors (Lipinski definition) is 4. The van der Waals surface area contributed by atoms with Crippen LogP contribution in [0.2, 0.25) is 0 Å². The molecule has 1 fully saturated rings. The number of aliphatic carboxylic acids is 1. The molecule has 0 spiro atoms. The molecule has 1 aliphatic rings. The number of methoxy groups -OCH3 is 1. The Morgan fingerprint density at radius 1 is 1.46 bits per heavy atom. The SMILES string of the molecule is COc1ccc(C2CCN(C(C(=O)O)c3cccnc3)C2)cc1F. The molecule has 0 saturated carbocycles. The first-order chi connectivity index (χ1) is 11.6. The molecule has 0 radical (unpaired) electrons. The molecule has 24 heavy (non-hydrogen) atoms. The van der Waals surface area contributed by atoms with Gasteiger partial charge in [0.05, 0.1) is 7.11 Å². The minimum absolute atomic E-state index is 0.101. The van der Waals surface area contributed by atoms with Crippen LogP contribution in [-0.4, -0.2) is 41.2 Å². The molecule has 1 aliphatic heterocycles. The molecule has 0 aliphatic carbocycles. The first-order valence-electron chi connectivity index (χ1n) is 7.80. The summed E-state index contributed by atoms with van der Waals surface area (Å²) in [7, 11) is 1.43. The lowest BCUT2D eigenvalue weighted by Crippen LogP contribution is -2.32. The predicted octanol–water partition coefficient (Wildman–Crippen LogP) is 2.84. The number of aromatic nitrogens is 1. The summed E-state index contributed by atoms with van der Waals surface area (Å²) < 4.78 is 18.9. The number of benzene rings is 1. The zero-order chi connectivity index (χ0) is 17.1. The number of ether oxygens (including phenoxy) is 1. The van der Waals surface area contributed by atoms with Gasteiger partial charge in [0.1, 0.15) is 6.04 Å². The first-order valence-corrected chi connectivity index (χ1v) is 7.80. The van der Waals surface area contributed by atoms with E-state index in [2.05, 4.69) is 4.98 Å². The molecule has 0 bridgehead atoms. The molecule has 1 aromatic carbocycles. The zero-order valence-electron chi connectivity index (χ0n) is 13.4. The third-order valence-corrected chi connectivity index (χ3v) is 4.47. The van der Waals surface area contributed by atoms with Crippen molar-refractivity contribution in [3.05, 3.63) is 59.7 Å². The summed E-state index contributed by atoms with van der Waals surface area (Å²) in [4.78, 5) is 17.6. The van der Waals surface area contributed by atoms with Crippen LogP contribution >= 0.6 is 0 Å². The molecule has 2 unspecified atom stereocenters. The maximum absolute atomic E-state index is 13.9. The summed E-state index contributed by atoms with van der Waals surface area (Å²) in [6.45, 7) is 1.21. The monoisotopic (exact) mass is 330 g/mol. The molecule has 126 valence electrons. The largest absolute Gasteiger partial charge is 0.494 e. The van der Waals surface area contributed by atoms with E-state index in [9.17, 15) is 14.3 Å². The quantitative estimate of drug-likeness (QED) is 0.913. The van der Waals surface area contributed by atoms with Crippen LogP contribution in [-0.2, 0) is 4.79 Å². The zero-order valence-corrected chi connectivity index (χ0v) is 13.4. The molecule has 2 aromatic rings. The maximum Gasteiger partial charge on any atom is 0.325 e. The lowest BCUT2D eigenvalue weighted by atomic mass is 9.98. The van der Waals surface area contributed by atoms with E-state index in [1.54, 1.807) is 30.6 Å². The standard InChI is InChI=1S/C18H19FN2O3/c1-24-16-5-4-12(9-15(16)19)14-6-8-21(11-14)17(18(22)23)13-3-2-7-20-10-13/h2-5,7,9-10,14,17H,6,8,11H2,1H3,(H,22,23). The second-order valence-electron chi connectivity index (χ2n) is 5.90. The molecular weight excluding hydrogens is 311 g/mol. The minimum atomic E-state index is -0.899. The van der Waals surface area contributed by atoms with E-state index in [4.69, 9.17) is 4.74 Å². The summed E-state index contributed by atoms with van der Waals surface area (Å²) in [6.07, 6.45) is 3.99. The summed E-state index contributed by atoms with van der Waals surface area (Å²) in [5.74, 6) is -0.976. The molecule has 5 nitrogen and oxygen atoms in total. The maximum atomic E-state index is 13.9. The molecule has 6 heteroatoms. The van der Waals surface area contributed by atoms with E-state index in [0.29, 0.717) is 18.7 Å². The Balaban J connectivity index is 1.79. The van der Waals surface area contributed by atoms with Crippen LogP contribution in [0.25, 0.3) is 0 Å². The number of carboxylic acid groups (broad SMARTS) is 1. The average molecular weight is 330 g/mol. The van der Waals surface area contributed by atoms with Gasteiger partial charge in [0, 0.05) is 18.9 Å². The van der Waals surface area contributed by atoms with Gasteiger partial charge in [0.2, 0.25) is 0 Å². The number of carboxylic acids is 1. The van der Waals surface area contributed by atoms with Crippen molar-refractivity contribution < 1.29 is 19.0 Å². The predicted molar refractivity (Wildman–Crippen MR) is 86.5 cm³/mol. The molecule has 1 aromatic heterocycles. The van der Waals surface area contributed by atoms with E-state index < -0.39 is 17.8 Å². The van der Waals surface area contributed by atoms with Gasteiger partial charge in [0.25, 0.3) is 0 Å². The van der Waals surface area contributed by atoms with E-state index >= 15 is 0 Å². The van der Waals surface area contributed by atoms with E-state index in [0.717, 1.165) is 12.0 Å². The van der Waals surface area contributed by atoms with Crippen LogP contribution in [0.5, 0.6) is 5.75 Å². The summed E-state index contributed by atoms with van der Waals surface area (Å²) >= 11 is 0. The number of hydrogen-bond donors (Lipinski definition) is 1. The van der Waals surface area contributed by atoms with E-state index in [-0.39, 0.29) is 11.7 Å². The number of rotatable bonds is 5. The smallest absolute Gasteiger partial charge is 0.325 e. The van der Waals surface area contributed by atoms with Gasteiger partial charge in [-0.15, -0.1) is 0 Å². The Morgan fingerprint density at radius 2 is 2.29 bits per heavy atom. The van der Waals surface area contributed by atoms with Crippen molar-refractivity contribution >= 4 is 5.97 Å². The highest BCUT2D eigenvalue weighted by atomic mass is 19.1. The van der Waals surface area contributed by atoms with Crippen LogP contribution in [0.1, 0.15) is 29.5 Å². The summed E-state index contributed by atoms with van der Waals surface area (Å²) in [5, 5.41) is 9.61. The topological polar surface area (TPSA) is 62.7 Å². The lowest BCUT2D eigenvalue weighted by Gasteiger charge is -2.24. The Hall–Kier alpha value is -2.47. The van der Waals surface area contributed by atoms with Crippen molar-refractivity contribution in [1.29, 1.82) is 0 Å². The van der Waals surface area contributed by atoms with Crippen LogP contribution in [0.4, 0.5) is 4.39 Å². The Morgan fingerprint density at radius 3 is 2.92 bits per heavy atom. The molecule has 2 atom stereocenters. The van der Waals surface area contributed by atoms with Gasteiger partial charge in [-0.05, 0) is 48.2 Å². The highest BCUT2D eigenvalue weighted by molar-refractivity contribution is 5.75. The highest BCUT2D eigenvalue weighted by Crippen LogP contribution is 2.34. The molecule has 2 heterocycles. The average Bonchev–Trinajstić information content (AvgIpc) is 3.05. The number of halogens is 1. The van der Waals surface area contributed by atoms with Gasteiger partial charge in [-0.2, -0.15) is 0 Å². The van der Waals surface area contributed by atoms with Crippen molar-refractivity contribution in [3.8, 4) is 5.75 Å². The third kappa shape index (κ3) is 3.23. The number of carbonyl (C=O) groups is 1. The van der Waals surface area contributed by atoms with Crippen molar-refractivity contribution in [2.45, 2.75) is 18.4 Å². The highest BCUT2D eigenvalue weighted by Gasteiger charge is 2.34. The lowest BCUT2D eigenvalue weighted by molar-refractivity contribution is -0.143. The normalized spacial score (nSPS) is 19.2. The summed E-state index contributed by atoms with van der Waals surface area (Å²) in [5.41, 5.74) is 1.53. The van der Waals surface area contributed by atoms with Gasteiger partial charge >= 0.3 is 5.97 Å². The Bertz CT molecular complexity index is 723. The molecular formula is C18H19FN2O3.